The first-order chi connectivity index (χ1) is 20.2. The minimum atomic E-state index is -1.92. The van der Waals surface area contributed by atoms with E-state index in [9.17, 15) is 29.7 Å². The van der Waals surface area contributed by atoms with Crippen LogP contribution >= 0.6 is 0 Å². The summed E-state index contributed by atoms with van der Waals surface area (Å²) in [6, 6.07) is 17.2. The molecule has 1 saturated heterocycles. The highest BCUT2D eigenvalue weighted by atomic mass is 16.6. The maximum absolute atomic E-state index is 13.6. The fourth-order valence-corrected chi connectivity index (χ4v) is 7.73. The number of carbonyl (C=O) groups is 3. The van der Waals surface area contributed by atoms with Gasteiger partial charge in [0.15, 0.2) is 6.10 Å². The molecule has 3 aliphatic rings. The van der Waals surface area contributed by atoms with Gasteiger partial charge in [0.05, 0.1) is 40.3 Å². The van der Waals surface area contributed by atoms with Gasteiger partial charge in [0, 0.05) is 19.4 Å². The summed E-state index contributed by atoms with van der Waals surface area (Å²) >= 11 is 0. The van der Waals surface area contributed by atoms with E-state index in [0.717, 1.165) is 12.5 Å². The van der Waals surface area contributed by atoms with Gasteiger partial charge >= 0.3 is 17.9 Å². The lowest BCUT2D eigenvalue weighted by Crippen LogP contribution is -2.83. The van der Waals surface area contributed by atoms with Crippen LogP contribution in [-0.2, 0) is 28.5 Å². The Labute approximate surface area is 250 Å². The Morgan fingerprint density at radius 1 is 0.884 bits per heavy atom. The number of ether oxygens (including phenoxy) is 4. The van der Waals surface area contributed by atoms with Gasteiger partial charge in [0.1, 0.15) is 17.8 Å². The smallest absolute Gasteiger partial charge is 0.338 e. The van der Waals surface area contributed by atoms with Crippen molar-refractivity contribution < 1.29 is 48.7 Å². The van der Waals surface area contributed by atoms with Crippen molar-refractivity contribution in [2.75, 3.05) is 0 Å². The van der Waals surface area contributed by atoms with Crippen molar-refractivity contribution in [1.29, 1.82) is 0 Å². The zero-order valence-corrected chi connectivity index (χ0v) is 24.8. The molecule has 9 atom stereocenters. The van der Waals surface area contributed by atoms with Gasteiger partial charge in [-0.15, -0.1) is 0 Å². The van der Waals surface area contributed by atoms with Crippen molar-refractivity contribution >= 4 is 24.0 Å². The van der Waals surface area contributed by atoms with Crippen molar-refractivity contribution in [3.05, 3.63) is 77.9 Å². The van der Waals surface area contributed by atoms with E-state index in [2.05, 4.69) is 0 Å². The van der Waals surface area contributed by atoms with Gasteiger partial charge in [0.25, 0.3) is 0 Å². The number of aliphatic hydroxyl groups is 3. The molecule has 3 fully saturated rings. The van der Waals surface area contributed by atoms with Crippen molar-refractivity contribution in [3.63, 3.8) is 0 Å². The molecule has 10 heteroatoms. The minimum absolute atomic E-state index is 0.194. The molecule has 230 valence electrons. The molecule has 2 bridgehead atoms. The number of esters is 3. The second-order valence-corrected chi connectivity index (χ2v) is 12.6. The van der Waals surface area contributed by atoms with E-state index in [4.69, 9.17) is 18.9 Å². The number of carbonyl (C=O) groups excluding carboxylic acids is 3. The van der Waals surface area contributed by atoms with Gasteiger partial charge in [-0.2, -0.15) is 0 Å². The Bertz CT molecular complexity index is 1400. The van der Waals surface area contributed by atoms with Gasteiger partial charge < -0.3 is 34.3 Å². The first-order valence-corrected chi connectivity index (χ1v) is 14.3. The molecule has 2 aromatic rings. The molecule has 1 aliphatic heterocycles. The van der Waals surface area contributed by atoms with Crippen LogP contribution < -0.4 is 0 Å². The Balaban J connectivity index is 1.67. The first kappa shape index (κ1) is 30.9. The van der Waals surface area contributed by atoms with E-state index >= 15 is 0 Å². The Morgan fingerprint density at radius 3 is 2.09 bits per heavy atom. The van der Waals surface area contributed by atoms with Crippen LogP contribution in [0.25, 0.3) is 6.08 Å². The lowest BCUT2D eigenvalue weighted by molar-refractivity contribution is -0.350. The number of aliphatic hydroxyl groups excluding tert-OH is 2. The topological polar surface area (TPSA) is 149 Å². The molecular formula is C33H38O10. The second-order valence-electron chi connectivity index (χ2n) is 12.6. The number of fused-ring (bicyclic) bond motifs is 1. The molecule has 5 rings (SSSR count). The first-order valence-electron chi connectivity index (χ1n) is 14.3. The average molecular weight is 595 g/mol. The highest BCUT2D eigenvalue weighted by Gasteiger charge is 2.85. The van der Waals surface area contributed by atoms with Crippen LogP contribution in [0.1, 0.15) is 57.0 Å². The SMILES string of the molecule is CC(=O)O[C@H]1[C@@H](O)C[C@](C)(O)[C@]23OC(C)(C)[C@H]([C@H](OC(=O)/C=C\c4ccccc4)[C@H](OC(=O)c4ccccc4)[C@]12C)[C@H]3O. The lowest BCUT2D eigenvalue weighted by Gasteiger charge is -2.65. The Hall–Kier alpha value is -3.57. The molecule has 2 saturated carbocycles. The molecule has 0 unspecified atom stereocenters. The summed E-state index contributed by atoms with van der Waals surface area (Å²) in [7, 11) is 0. The molecule has 10 nitrogen and oxygen atoms in total. The lowest BCUT2D eigenvalue weighted by atomic mass is 9.46. The summed E-state index contributed by atoms with van der Waals surface area (Å²) in [6.45, 7) is 7.46. The fourth-order valence-electron chi connectivity index (χ4n) is 7.73. The van der Waals surface area contributed by atoms with Gasteiger partial charge in [-0.25, -0.2) is 9.59 Å². The Morgan fingerprint density at radius 2 is 1.49 bits per heavy atom. The van der Waals surface area contributed by atoms with E-state index in [1.54, 1.807) is 62.4 Å². The maximum atomic E-state index is 13.6. The van der Waals surface area contributed by atoms with E-state index in [0.29, 0.717) is 0 Å². The van der Waals surface area contributed by atoms with E-state index in [1.165, 1.54) is 19.9 Å². The molecule has 3 N–H and O–H groups in total. The predicted octanol–water partition coefficient (Wildman–Crippen LogP) is 2.83. The van der Waals surface area contributed by atoms with E-state index in [1.807, 2.05) is 18.2 Å². The van der Waals surface area contributed by atoms with Gasteiger partial charge in [0.2, 0.25) is 0 Å². The van der Waals surface area contributed by atoms with Crippen LogP contribution in [0.5, 0.6) is 0 Å². The highest BCUT2D eigenvalue weighted by molar-refractivity contribution is 5.90. The number of rotatable bonds is 6. The van der Waals surface area contributed by atoms with Crippen LogP contribution in [-0.4, -0.2) is 80.6 Å². The second kappa shape index (κ2) is 10.9. The van der Waals surface area contributed by atoms with Crippen LogP contribution in [0.15, 0.2) is 66.7 Å². The van der Waals surface area contributed by atoms with Gasteiger partial charge in [-0.1, -0.05) is 48.5 Å². The summed E-state index contributed by atoms with van der Waals surface area (Å²) in [5.74, 6) is -3.31. The normalized spacial score (nSPS) is 37.8. The Kier molecular flexibility index (Phi) is 7.79. The highest BCUT2D eigenvalue weighted by Crippen LogP contribution is 2.68. The molecule has 2 aliphatic carbocycles. The maximum Gasteiger partial charge on any atom is 0.338 e. The van der Waals surface area contributed by atoms with E-state index in [-0.39, 0.29) is 12.0 Å². The number of benzene rings is 2. The molecule has 43 heavy (non-hydrogen) atoms. The number of hydrogen-bond donors (Lipinski definition) is 3. The van der Waals surface area contributed by atoms with Gasteiger partial charge in [-0.3, -0.25) is 4.79 Å². The summed E-state index contributed by atoms with van der Waals surface area (Å²) in [5.41, 5.74) is -5.94. The van der Waals surface area contributed by atoms with Crippen LogP contribution in [0.3, 0.4) is 0 Å². The predicted molar refractivity (Wildman–Crippen MR) is 153 cm³/mol. The average Bonchev–Trinajstić information content (AvgIpc) is 3.14. The third-order valence-electron chi connectivity index (χ3n) is 9.37. The van der Waals surface area contributed by atoms with Crippen molar-refractivity contribution in [1.82, 2.24) is 0 Å². The molecule has 0 radical (unpaired) electrons. The minimum Gasteiger partial charge on any atom is -0.459 e. The molecule has 1 spiro atoms. The van der Waals surface area contributed by atoms with Gasteiger partial charge in [-0.05, 0) is 51.5 Å². The fraction of sp³-hybridized carbons (Fsp3) is 0.485. The van der Waals surface area contributed by atoms with Crippen molar-refractivity contribution in [2.24, 2.45) is 11.3 Å². The van der Waals surface area contributed by atoms with Crippen LogP contribution in [0.2, 0.25) is 0 Å². The summed E-state index contributed by atoms with van der Waals surface area (Å²) < 4.78 is 24.5. The van der Waals surface area contributed by atoms with Crippen LogP contribution in [0.4, 0.5) is 0 Å². The molecule has 2 aromatic carbocycles. The number of hydrogen-bond acceptors (Lipinski definition) is 10. The third-order valence-corrected chi connectivity index (χ3v) is 9.37. The third kappa shape index (κ3) is 4.86. The molecule has 0 aromatic heterocycles. The molecular weight excluding hydrogens is 556 g/mol. The summed E-state index contributed by atoms with van der Waals surface area (Å²) in [4.78, 5) is 39.3. The molecule has 0 amide bonds. The standard InChI is InChI=1S/C33H38O10/c1-19(34)40-27-22(35)18-31(4,39)33-26(37)24(30(2,3)43-33)25(41-23(36)17-16-20-12-8-6-9-13-20)28(32(27,33)5)42-29(38)21-14-10-7-11-15-21/h6-17,22,24-28,35,37,39H,18H2,1-5H3/b17-16-/t22-,24+,25-,26+,27-,28-,31-,32-,33-/m0/s1. The summed E-state index contributed by atoms with van der Waals surface area (Å²) in [5, 5.41) is 35.3. The zero-order valence-electron chi connectivity index (χ0n) is 24.8. The summed E-state index contributed by atoms with van der Waals surface area (Å²) in [6.07, 6.45) is -4.69. The zero-order chi connectivity index (χ0) is 31.4. The van der Waals surface area contributed by atoms with E-state index < -0.39 is 76.6 Å². The monoisotopic (exact) mass is 594 g/mol. The largest absolute Gasteiger partial charge is 0.459 e. The van der Waals surface area contributed by atoms with Crippen molar-refractivity contribution in [3.8, 4) is 0 Å². The quantitative estimate of drug-likeness (QED) is 0.259. The molecule has 1 heterocycles. The van der Waals surface area contributed by atoms with Crippen molar-refractivity contribution in [2.45, 2.75) is 88.4 Å². The van der Waals surface area contributed by atoms with Crippen LogP contribution in [0, 0.1) is 11.3 Å².